The standard InChI is InChI=1S/C28H55IO2Si2/c1-22(2)33(23(3)4,24(5)6)31-27(19-18-25(7)21-29)26(8)17-15-14-16-20-30-32(12,13)28(9,10)11/h14-17,21-24,26-27H,18-20H2,1-13H3/b16-14+,17-15+,25-21+/t26-,27-/m0/s1. The minimum atomic E-state index is -1.92. The maximum atomic E-state index is 7.25. The third-order valence-electron chi connectivity index (χ3n) is 7.67. The van der Waals surface area contributed by atoms with Gasteiger partial charge in [0.25, 0.3) is 0 Å². The van der Waals surface area contributed by atoms with E-state index in [-0.39, 0.29) is 11.1 Å². The van der Waals surface area contributed by atoms with Crippen molar-refractivity contribution in [2.24, 2.45) is 5.92 Å². The predicted octanol–water partition coefficient (Wildman–Crippen LogP) is 10.4. The molecular weight excluding hydrogens is 551 g/mol. The van der Waals surface area contributed by atoms with E-state index < -0.39 is 16.6 Å². The van der Waals surface area contributed by atoms with Crippen LogP contribution in [-0.4, -0.2) is 29.3 Å². The van der Waals surface area contributed by atoms with Crippen molar-refractivity contribution in [3.05, 3.63) is 34.0 Å². The first-order valence-corrected chi connectivity index (χ1v) is 19.2. The Bertz CT molecular complexity index is 621. The van der Waals surface area contributed by atoms with Crippen LogP contribution >= 0.6 is 22.6 Å². The number of halogens is 1. The Morgan fingerprint density at radius 1 is 0.909 bits per heavy atom. The fraction of sp³-hybridized carbons (Fsp3) is 0.786. The molecule has 0 bridgehead atoms. The first kappa shape index (κ1) is 33.3. The highest BCUT2D eigenvalue weighted by Crippen LogP contribution is 2.44. The second-order valence-electron chi connectivity index (χ2n) is 12.2. The summed E-state index contributed by atoms with van der Waals surface area (Å²) < 4.78 is 15.7. The molecule has 0 aliphatic rings. The van der Waals surface area contributed by atoms with E-state index in [4.69, 9.17) is 8.85 Å². The molecule has 0 radical (unpaired) electrons. The Kier molecular flexibility index (Phi) is 14.9. The molecule has 0 N–H and O–H groups in total. The van der Waals surface area contributed by atoms with E-state index in [0.29, 0.717) is 29.1 Å². The second-order valence-corrected chi connectivity index (χ2v) is 23.1. The summed E-state index contributed by atoms with van der Waals surface area (Å²) in [5.41, 5.74) is 3.24. The molecule has 33 heavy (non-hydrogen) atoms. The van der Waals surface area contributed by atoms with Gasteiger partial charge in [-0.05, 0) is 64.5 Å². The topological polar surface area (TPSA) is 18.5 Å². The molecule has 0 spiro atoms. The Morgan fingerprint density at radius 2 is 1.42 bits per heavy atom. The van der Waals surface area contributed by atoms with E-state index in [1.165, 1.54) is 5.57 Å². The Hall–Kier alpha value is 0.304. The molecule has 0 fully saturated rings. The summed E-state index contributed by atoms with van der Waals surface area (Å²) >= 11 is 2.36. The highest BCUT2D eigenvalue weighted by atomic mass is 127. The molecule has 194 valence electrons. The maximum absolute atomic E-state index is 7.25. The molecule has 5 heteroatoms. The van der Waals surface area contributed by atoms with E-state index in [0.717, 1.165) is 12.8 Å². The Labute approximate surface area is 223 Å². The summed E-state index contributed by atoms with van der Waals surface area (Å²) in [5.74, 6) is 0.376. The summed E-state index contributed by atoms with van der Waals surface area (Å²) in [7, 11) is -3.61. The van der Waals surface area contributed by atoms with Gasteiger partial charge < -0.3 is 8.85 Å². The van der Waals surface area contributed by atoms with Crippen LogP contribution in [0.15, 0.2) is 34.0 Å². The molecule has 0 saturated carbocycles. The van der Waals surface area contributed by atoms with Gasteiger partial charge in [-0.25, -0.2) is 0 Å². The van der Waals surface area contributed by atoms with E-state index in [1.54, 1.807) is 0 Å². The first-order valence-electron chi connectivity index (χ1n) is 12.9. The van der Waals surface area contributed by atoms with Crippen LogP contribution < -0.4 is 0 Å². The zero-order chi connectivity index (χ0) is 26.0. The molecule has 0 aromatic carbocycles. The molecule has 0 unspecified atom stereocenters. The van der Waals surface area contributed by atoms with Crippen LogP contribution in [0.3, 0.4) is 0 Å². The van der Waals surface area contributed by atoms with Crippen LogP contribution in [0.2, 0.25) is 34.8 Å². The van der Waals surface area contributed by atoms with Crippen molar-refractivity contribution in [2.75, 3.05) is 6.61 Å². The molecule has 0 saturated heterocycles. The van der Waals surface area contributed by atoms with Crippen LogP contribution in [0.25, 0.3) is 0 Å². The highest BCUT2D eigenvalue weighted by molar-refractivity contribution is 14.1. The summed E-state index contributed by atoms with van der Waals surface area (Å²) in [5, 5.41) is 0.250. The Balaban J connectivity index is 5.45. The molecule has 0 aliphatic carbocycles. The number of allylic oxidation sites excluding steroid dienone is 3. The molecule has 0 rings (SSSR count). The maximum Gasteiger partial charge on any atom is 0.200 e. The minimum Gasteiger partial charge on any atom is -0.413 e. The minimum absolute atomic E-state index is 0.250. The number of rotatable bonds is 14. The molecular formula is C28H55IO2Si2. The SMILES string of the molecule is C/C(=C\I)CC[C@H](O[Si](C(C)C)(C(C)C)C(C)C)[C@@H](C)/C=C/C=C/CO[Si](C)(C)C(C)(C)C. The lowest BCUT2D eigenvalue weighted by Gasteiger charge is -2.45. The first-order chi connectivity index (χ1) is 15.0. The van der Waals surface area contributed by atoms with Crippen molar-refractivity contribution in [1.82, 2.24) is 0 Å². The van der Waals surface area contributed by atoms with Crippen molar-refractivity contribution < 1.29 is 8.85 Å². The molecule has 0 aromatic heterocycles. The molecule has 0 aliphatic heterocycles. The third kappa shape index (κ3) is 10.4. The van der Waals surface area contributed by atoms with Gasteiger partial charge in [-0.1, -0.05) is 122 Å². The van der Waals surface area contributed by atoms with E-state index >= 15 is 0 Å². The monoisotopic (exact) mass is 606 g/mol. The second kappa shape index (κ2) is 14.8. The normalized spacial score (nSPS) is 16.7. The van der Waals surface area contributed by atoms with Gasteiger partial charge >= 0.3 is 0 Å². The summed E-state index contributed by atoms with van der Waals surface area (Å²) in [4.78, 5) is 0. The van der Waals surface area contributed by atoms with Crippen molar-refractivity contribution in [1.29, 1.82) is 0 Å². The zero-order valence-corrected chi connectivity index (χ0v) is 28.2. The van der Waals surface area contributed by atoms with Crippen molar-refractivity contribution in [2.45, 2.75) is 130 Å². The van der Waals surface area contributed by atoms with Crippen LogP contribution in [0, 0.1) is 5.92 Å². The van der Waals surface area contributed by atoms with Gasteiger partial charge in [0, 0.05) is 0 Å². The van der Waals surface area contributed by atoms with Crippen molar-refractivity contribution in [3.8, 4) is 0 Å². The fourth-order valence-corrected chi connectivity index (χ4v) is 11.4. The summed E-state index contributed by atoms with van der Waals surface area (Å²) in [6.07, 6.45) is 11.3. The number of hydrogen-bond acceptors (Lipinski definition) is 2. The molecule has 0 heterocycles. The van der Waals surface area contributed by atoms with Crippen molar-refractivity contribution >= 4 is 39.2 Å². The fourth-order valence-electron chi connectivity index (χ4n) is 4.49. The summed E-state index contributed by atoms with van der Waals surface area (Å²) in [6, 6.07) is 0. The van der Waals surface area contributed by atoms with Gasteiger partial charge in [0.05, 0.1) is 12.7 Å². The average Bonchev–Trinajstić information content (AvgIpc) is 2.68. The molecule has 2 nitrogen and oxygen atoms in total. The zero-order valence-electron chi connectivity index (χ0n) is 24.1. The van der Waals surface area contributed by atoms with Gasteiger partial charge in [-0.3, -0.25) is 0 Å². The number of hydrogen-bond donors (Lipinski definition) is 0. The van der Waals surface area contributed by atoms with E-state index in [9.17, 15) is 0 Å². The Morgan fingerprint density at radius 3 is 1.85 bits per heavy atom. The highest BCUT2D eigenvalue weighted by Gasteiger charge is 2.47. The molecule has 0 amide bonds. The van der Waals surface area contributed by atoms with Crippen LogP contribution in [-0.2, 0) is 8.85 Å². The molecule has 2 atom stereocenters. The van der Waals surface area contributed by atoms with E-state index in [1.807, 2.05) is 0 Å². The summed E-state index contributed by atoms with van der Waals surface area (Å²) in [6.45, 7) is 31.0. The van der Waals surface area contributed by atoms with Crippen LogP contribution in [0.1, 0.15) is 89.0 Å². The van der Waals surface area contributed by atoms with Gasteiger partial charge in [0.15, 0.2) is 8.32 Å². The van der Waals surface area contributed by atoms with Gasteiger partial charge in [-0.15, -0.1) is 0 Å². The van der Waals surface area contributed by atoms with Crippen LogP contribution in [0.5, 0.6) is 0 Å². The average molecular weight is 607 g/mol. The quantitative estimate of drug-likeness (QED) is 0.111. The van der Waals surface area contributed by atoms with Gasteiger partial charge in [0.2, 0.25) is 8.32 Å². The lowest BCUT2D eigenvalue weighted by atomic mass is 9.98. The third-order valence-corrected chi connectivity index (χ3v) is 19.4. The predicted molar refractivity (Wildman–Crippen MR) is 164 cm³/mol. The van der Waals surface area contributed by atoms with Crippen molar-refractivity contribution in [3.63, 3.8) is 0 Å². The lowest BCUT2D eigenvalue weighted by molar-refractivity contribution is 0.130. The van der Waals surface area contributed by atoms with E-state index in [2.05, 4.69) is 140 Å². The molecule has 0 aromatic rings. The van der Waals surface area contributed by atoms with Gasteiger partial charge in [-0.2, -0.15) is 0 Å². The smallest absolute Gasteiger partial charge is 0.200 e. The largest absolute Gasteiger partial charge is 0.413 e. The van der Waals surface area contributed by atoms with Crippen LogP contribution in [0.4, 0.5) is 0 Å². The lowest BCUT2D eigenvalue weighted by Crippen LogP contribution is -2.51. The van der Waals surface area contributed by atoms with Gasteiger partial charge in [0.1, 0.15) is 0 Å².